The van der Waals surface area contributed by atoms with Crippen molar-refractivity contribution in [2.45, 2.75) is 13.3 Å². The lowest BCUT2D eigenvalue weighted by Crippen LogP contribution is -2.47. The topological polar surface area (TPSA) is 87.0 Å². The molecule has 5 heteroatoms. The molecule has 0 fully saturated rings. The van der Waals surface area contributed by atoms with Crippen LogP contribution < -0.4 is 0 Å². The summed E-state index contributed by atoms with van der Waals surface area (Å²) in [5.74, 6) is -3.02. The number of hydrogen-bond acceptors (Lipinski definition) is 3. The van der Waals surface area contributed by atoms with E-state index in [1.54, 1.807) is 6.92 Å². The number of aliphatic carboxylic acids is 2. The van der Waals surface area contributed by atoms with Gasteiger partial charge in [0, 0.05) is 25.1 Å². The maximum atomic E-state index is 10.9. The highest BCUT2D eigenvalue weighted by Gasteiger charge is 2.51. The van der Waals surface area contributed by atoms with Crippen molar-refractivity contribution in [3.8, 4) is 0 Å². The average Bonchev–Trinajstić information content (AvgIpc) is 2.04. The van der Waals surface area contributed by atoms with Crippen molar-refractivity contribution >= 4 is 18.2 Å². The molecular formula is C8H11NO4. The molecule has 0 aliphatic carbocycles. The van der Waals surface area contributed by atoms with Crippen LogP contribution in [0.2, 0.25) is 0 Å². The Balaban J connectivity index is 3.09. The lowest BCUT2D eigenvalue weighted by Gasteiger charge is -2.31. The second kappa shape index (κ2) is 3.16. The third kappa shape index (κ3) is 1.30. The highest BCUT2D eigenvalue weighted by Crippen LogP contribution is 2.34. The van der Waals surface area contributed by atoms with E-state index in [0.717, 1.165) is 0 Å². The number of aliphatic imine (C=N–C) groups is 1. The van der Waals surface area contributed by atoms with E-state index in [-0.39, 0.29) is 13.0 Å². The van der Waals surface area contributed by atoms with Gasteiger partial charge in [0.2, 0.25) is 0 Å². The van der Waals surface area contributed by atoms with Crippen LogP contribution in [-0.4, -0.2) is 34.9 Å². The van der Waals surface area contributed by atoms with Gasteiger partial charge in [-0.15, -0.1) is 0 Å². The fourth-order valence-corrected chi connectivity index (χ4v) is 1.49. The minimum Gasteiger partial charge on any atom is -0.480 e. The Morgan fingerprint density at radius 1 is 1.46 bits per heavy atom. The molecule has 72 valence electrons. The molecule has 0 aromatic heterocycles. The molecule has 5 nitrogen and oxygen atoms in total. The summed E-state index contributed by atoms with van der Waals surface area (Å²) in [5.41, 5.74) is -1.68. The quantitative estimate of drug-likeness (QED) is 0.604. The lowest BCUT2D eigenvalue weighted by atomic mass is 9.72. The minimum absolute atomic E-state index is 0.0289. The second-order valence-electron chi connectivity index (χ2n) is 3.23. The summed E-state index contributed by atoms with van der Waals surface area (Å²) in [5, 5.41) is 17.8. The van der Waals surface area contributed by atoms with Crippen molar-refractivity contribution in [3.05, 3.63) is 0 Å². The molecule has 0 saturated carbocycles. The number of hydrogen-bond donors (Lipinski definition) is 2. The Bertz CT molecular complexity index is 257. The van der Waals surface area contributed by atoms with Crippen molar-refractivity contribution in [1.29, 1.82) is 0 Å². The van der Waals surface area contributed by atoms with Gasteiger partial charge in [0.25, 0.3) is 0 Å². The molecule has 0 bridgehead atoms. The average molecular weight is 185 g/mol. The molecule has 13 heavy (non-hydrogen) atoms. The summed E-state index contributed by atoms with van der Waals surface area (Å²) in [4.78, 5) is 25.6. The number of carboxylic acid groups (broad SMARTS) is 2. The van der Waals surface area contributed by atoms with E-state index in [4.69, 9.17) is 10.2 Å². The van der Waals surface area contributed by atoms with Gasteiger partial charge in [0.05, 0.1) is 0 Å². The smallest absolute Gasteiger partial charge is 0.321 e. The van der Waals surface area contributed by atoms with E-state index in [9.17, 15) is 9.59 Å². The van der Waals surface area contributed by atoms with Crippen molar-refractivity contribution in [2.24, 2.45) is 16.3 Å². The molecule has 0 saturated heterocycles. The van der Waals surface area contributed by atoms with Crippen LogP contribution in [0.25, 0.3) is 0 Å². The Labute approximate surface area is 75.1 Å². The van der Waals surface area contributed by atoms with Gasteiger partial charge in [-0.25, -0.2) is 0 Å². The SMILES string of the molecule is C[C@@H]1CN=CCC1(C(=O)O)C(=O)O. The molecule has 1 atom stereocenters. The van der Waals surface area contributed by atoms with E-state index in [1.165, 1.54) is 6.21 Å². The molecule has 1 aliphatic heterocycles. The zero-order valence-corrected chi connectivity index (χ0v) is 7.23. The monoisotopic (exact) mass is 185 g/mol. The van der Waals surface area contributed by atoms with Crippen LogP contribution in [0.15, 0.2) is 4.99 Å². The first-order valence-corrected chi connectivity index (χ1v) is 3.97. The Kier molecular flexibility index (Phi) is 2.36. The molecule has 0 unspecified atom stereocenters. The maximum absolute atomic E-state index is 10.9. The van der Waals surface area contributed by atoms with Gasteiger partial charge in [-0.2, -0.15) is 0 Å². The third-order valence-electron chi connectivity index (χ3n) is 2.53. The standard InChI is InChI=1S/C8H11NO4/c1-5-4-9-3-2-8(5,6(10)11)7(12)13/h3,5H,2,4H2,1H3,(H,10,11)(H,12,13)/t5-/m1/s1. The van der Waals surface area contributed by atoms with Gasteiger partial charge in [0.1, 0.15) is 0 Å². The lowest BCUT2D eigenvalue weighted by molar-refractivity contribution is -0.168. The highest BCUT2D eigenvalue weighted by atomic mass is 16.4. The molecule has 0 amide bonds. The summed E-state index contributed by atoms with van der Waals surface area (Å²) in [6.45, 7) is 1.86. The fourth-order valence-electron chi connectivity index (χ4n) is 1.49. The molecule has 2 N–H and O–H groups in total. The Morgan fingerprint density at radius 2 is 2.00 bits per heavy atom. The number of carbonyl (C=O) groups is 2. The zero-order valence-electron chi connectivity index (χ0n) is 7.23. The van der Waals surface area contributed by atoms with Crippen molar-refractivity contribution < 1.29 is 19.8 Å². The van der Waals surface area contributed by atoms with E-state index < -0.39 is 23.3 Å². The summed E-state index contributed by atoms with van der Waals surface area (Å²) in [6.07, 6.45) is 1.35. The van der Waals surface area contributed by atoms with Crippen LogP contribution in [0.3, 0.4) is 0 Å². The third-order valence-corrected chi connectivity index (χ3v) is 2.53. The maximum Gasteiger partial charge on any atom is 0.321 e. The number of carboxylic acids is 2. The molecule has 0 radical (unpaired) electrons. The van der Waals surface area contributed by atoms with E-state index in [0.29, 0.717) is 0 Å². The normalized spacial score (nSPS) is 25.5. The minimum atomic E-state index is -1.68. The molecule has 1 aliphatic rings. The van der Waals surface area contributed by atoms with Crippen LogP contribution >= 0.6 is 0 Å². The van der Waals surface area contributed by atoms with Crippen LogP contribution in [0.5, 0.6) is 0 Å². The summed E-state index contributed by atoms with van der Waals surface area (Å²) in [7, 11) is 0. The second-order valence-corrected chi connectivity index (χ2v) is 3.23. The largest absolute Gasteiger partial charge is 0.480 e. The molecular weight excluding hydrogens is 174 g/mol. The van der Waals surface area contributed by atoms with Gasteiger partial charge < -0.3 is 10.2 Å². The van der Waals surface area contributed by atoms with E-state index >= 15 is 0 Å². The van der Waals surface area contributed by atoms with E-state index in [2.05, 4.69) is 4.99 Å². The molecule has 1 rings (SSSR count). The van der Waals surface area contributed by atoms with Gasteiger partial charge in [-0.3, -0.25) is 14.6 Å². The van der Waals surface area contributed by atoms with Crippen molar-refractivity contribution in [3.63, 3.8) is 0 Å². The zero-order chi connectivity index (χ0) is 10.1. The first-order valence-electron chi connectivity index (χ1n) is 3.97. The highest BCUT2D eigenvalue weighted by molar-refractivity contribution is 6.01. The Hall–Kier alpha value is -1.39. The van der Waals surface area contributed by atoms with Crippen LogP contribution in [0.4, 0.5) is 0 Å². The van der Waals surface area contributed by atoms with E-state index in [1.807, 2.05) is 0 Å². The Morgan fingerprint density at radius 3 is 2.31 bits per heavy atom. The molecule has 1 heterocycles. The fraction of sp³-hybridized carbons (Fsp3) is 0.625. The number of nitrogens with zero attached hydrogens (tertiary/aromatic N) is 1. The predicted molar refractivity (Wildman–Crippen MR) is 44.8 cm³/mol. The van der Waals surface area contributed by atoms with Crippen molar-refractivity contribution in [2.75, 3.05) is 6.54 Å². The van der Waals surface area contributed by atoms with Crippen LogP contribution in [-0.2, 0) is 9.59 Å². The summed E-state index contributed by atoms with van der Waals surface area (Å²) < 4.78 is 0. The van der Waals surface area contributed by atoms with Crippen LogP contribution in [0, 0.1) is 11.3 Å². The van der Waals surface area contributed by atoms with Gasteiger partial charge >= 0.3 is 11.9 Å². The van der Waals surface area contributed by atoms with Gasteiger partial charge in [-0.05, 0) is 0 Å². The number of rotatable bonds is 2. The summed E-state index contributed by atoms with van der Waals surface area (Å²) in [6, 6.07) is 0. The molecule has 0 aromatic rings. The predicted octanol–water partition coefficient (Wildman–Crippen LogP) is 0.253. The summed E-state index contributed by atoms with van der Waals surface area (Å²) >= 11 is 0. The van der Waals surface area contributed by atoms with Crippen LogP contribution in [0.1, 0.15) is 13.3 Å². The first kappa shape index (κ1) is 9.70. The van der Waals surface area contributed by atoms with Gasteiger partial charge in [-0.1, -0.05) is 6.92 Å². The molecule has 0 aromatic carbocycles. The van der Waals surface area contributed by atoms with Crippen molar-refractivity contribution in [1.82, 2.24) is 0 Å². The molecule has 0 spiro atoms. The first-order chi connectivity index (χ1) is 6.01. The van der Waals surface area contributed by atoms with Gasteiger partial charge in [0.15, 0.2) is 5.41 Å².